The van der Waals surface area contributed by atoms with Gasteiger partial charge < -0.3 is 96.0 Å². The first-order valence-electron chi connectivity index (χ1n) is 22.3. The molecule has 67 heavy (non-hydrogen) atoms. The van der Waals surface area contributed by atoms with Crippen LogP contribution in [0.25, 0.3) is 0 Å². The molecular formula is C42H68N6O19. The Hall–Kier alpha value is -4.64. The Morgan fingerprint density at radius 3 is 1.43 bits per heavy atom. The summed E-state index contributed by atoms with van der Waals surface area (Å²) in [5.74, 6) is -2.43. The quantitative estimate of drug-likeness (QED) is 0.0321. The number of rotatable bonds is 30. The van der Waals surface area contributed by atoms with Crippen LogP contribution in [0.2, 0.25) is 0 Å². The maximum absolute atomic E-state index is 13.1. The third-order valence-corrected chi connectivity index (χ3v) is 10.5. The molecule has 2 fully saturated rings. The van der Waals surface area contributed by atoms with Crippen molar-refractivity contribution in [1.29, 1.82) is 0 Å². The fraction of sp³-hybridized carbons (Fsp3) is 0.714. The Labute approximate surface area is 387 Å². The van der Waals surface area contributed by atoms with Gasteiger partial charge in [0.1, 0.15) is 75.1 Å². The van der Waals surface area contributed by atoms with E-state index < -0.39 is 118 Å². The number of alkyl carbamates (subject to hydrolysis) is 1. The monoisotopic (exact) mass is 960 g/mol. The molecule has 2 aliphatic heterocycles. The molecule has 2 heterocycles. The van der Waals surface area contributed by atoms with Gasteiger partial charge in [-0.2, -0.15) is 0 Å². The van der Waals surface area contributed by atoms with Gasteiger partial charge >= 0.3 is 6.09 Å². The molecule has 25 heteroatoms. The van der Waals surface area contributed by atoms with Gasteiger partial charge in [-0.1, -0.05) is 43.2 Å². The zero-order valence-corrected chi connectivity index (χ0v) is 37.3. The Morgan fingerprint density at radius 1 is 0.537 bits per heavy atom. The summed E-state index contributed by atoms with van der Waals surface area (Å²) in [7, 11) is 0. The zero-order chi connectivity index (χ0) is 49.1. The Balaban J connectivity index is 1.32. The first-order valence-corrected chi connectivity index (χ1v) is 22.3. The molecule has 0 aromatic heterocycles. The van der Waals surface area contributed by atoms with E-state index in [0.717, 1.165) is 10.5 Å². The SMILES string of the molecule is O=C(CCCCCNC(=O)CN(CC(=O)NCCCCCC(=O)NCCO[C@H]1OC(CO)[C@@H](O)[C@H](O)[C@@H]1O)C(=O)CNC(=O)OCc1ccccc1)NCCO[C@H]1OC(CO)[C@@H](O)[C@H](O)[C@@H]1O. The van der Waals surface area contributed by atoms with E-state index in [1.54, 1.807) is 30.3 Å². The van der Waals surface area contributed by atoms with Gasteiger partial charge in [0.2, 0.25) is 29.5 Å². The minimum atomic E-state index is -1.58. The summed E-state index contributed by atoms with van der Waals surface area (Å²) in [5.41, 5.74) is 0.724. The van der Waals surface area contributed by atoms with Crippen LogP contribution in [-0.4, -0.2) is 215 Å². The van der Waals surface area contributed by atoms with Crippen molar-refractivity contribution < 1.29 is 93.3 Å². The molecule has 2 aliphatic rings. The average Bonchev–Trinajstić information content (AvgIpc) is 3.32. The van der Waals surface area contributed by atoms with Crippen LogP contribution < -0.4 is 26.6 Å². The zero-order valence-electron chi connectivity index (χ0n) is 37.3. The highest BCUT2D eigenvalue weighted by Crippen LogP contribution is 2.23. The lowest BCUT2D eigenvalue weighted by atomic mass is 9.99. The smallest absolute Gasteiger partial charge is 0.407 e. The van der Waals surface area contributed by atoms with Crippen molar-refractivity contribution >= 4 is 35.6 Å². The van der Waals surface area contributed by atoms with Crippen LogP contribution in [0.15, 0.2) is 30.3 Å². The number of aliphatic hydroxyl groups is 8. The summed E-state index contributed by atoms with van der Waals surface area (Å²) < 4.78 is 26.3. The van der Waals surface area contributed by atoms with E-state index in [-0.39, 0.29) is 70.7 Å². The second-order valence-corrected chi connectivity index (χ2v) is 15.8. The number of aliphatic hydroxyl groups excluding tert-OH is 8. The van der Waals surface area contributed by atoms with Gasteiger partial charge in [-0.3, -0.25) is 24.0 Å². The maximum Gasteiger partial charge on any atom is 0.407 e. The third-order valence-electron chi connectivity index (χ3n) is 10.5. The van der Waals surface area contributed by atoms with Crippen LogP contribution in [0.1, 0.15) is 56.9 Å². The highest BCUT2D eigenvalue weighted by atomic mass is 16.7. The van der Waals surface area contributed by atoms with E-state index in [4.69, 9.17) is 23.7 Å². The lowest BCUT2D eigenvalue weighted by molar-refractivity contribution is -0.300. The minimum Gasteiger partial charge on any atom is -0.445 e. The predicted molar refractivity (Wildman–Crippen MR) is 230 cm³/mol. The molecule has 2 unspecified atom stereocenters. The average molecular weight is 961 g/mol. The summed E-state index contributed by atoms with van der Waals surface area (Å²) >= 11 is 0. The van der Waals surface area contributed by atoms with Crippen LogP contribution in [0.3, 0.4) is 0 Å². The van der Waals surface area contributed by atoms with Crippen molar-refractivity contribution in [2.75, 3.05) is 72.2 Å². The number of nitrogens with zero attached hydrogens (tertiary/aromatic N) is 1. The fourth-order valence-electron chi connectivity index (χ4n) is 6.67. The summed E-state index contributed by atoms with van der Waals surface area (Å²) in [6, 6.07) is 8.85. The number of nitrogens with one attached hydrogen (secondary N) is 5. The van der Waals surface area contributed by atoms with Gasteiger partial charge in [-0.05, 0) is 31.2 Å². The van der Waals surface area contributed by atoms with E-state index in [0.29, 0.717) is 38.5 Å². The number of benzene rings is 1. The molecule has 2 saturated heterocycles. The van der Waals surface area contributed by atoms with Gasteiger partial charge in [0.05, 0.1) is 26.4 Å². The van der Waals surface area contributed by atoms with Gasteiger partial charge in [-0.15, -0.1) is 0 Å². The molecule has 380 valence electrons. The Morgan fingerprint density at radius 2 is 0.985 bits per heavy atom. The molecule has 1 aromatic rings. The molecule has 3 rings (SSSR count). The summed E-state index contributed by atoms with van der Waals surface area (Å²) in [6.45, 7) is -2.43. The molecule has 13 N–H and O–H groups in total. The van der Waals surface area contributed by atoms with Crippen molar-refractivity contribution in [2.45, 2.75) is 119 Å². The van der Waals surface area contributed by atoms with E-state index in [1.807, 2.05) is 0 Å². The topological polar surface area (TPSA) is 374 Å². The van der Waals surface area contributed by atoms with Crippen molar-refractivity contribution in [3.63, 3.8) is 0 Å². The predicted octanol–water partition coefficient (Wildman–Crippen LogP) is -5.04. The number of ether oxygens (including phenoxy) is 5. The second-order valence-electron chi connectivity index (χ2n) is 15.8. The van der Waals surface area contributed by atoms with Crippen molar-refractivity contribution in [3.05, 3.63) is 35.9 Å². The molecule has 6 amide bonds. The van der Waals surface area contributed by atoms with Crippen LogP contribution in [0.4, 0.5) is 4.79 Å². The van der Waals surface area contributed by atoms with Gasteiger partial charge in [0.25, 0.3) is 0 Å². The normalized spacial score (nSPS) is 24.8. The standard InChI is InChI=1S/C42H68N6O19/c49-23-27-34(56)36(58)38(60)40(66-27)63-18-16-45-29(51)12-6-2-8-14-43-31(53)21-48(33(55)20-47-42(62)65-25-26-10-4-1-5-11-26)22-32(54)44-15-9-3-7-13-30(52)46-17-19-64-41-39(61)37(59)35(57)28(24-50)67-41/h1,4-5,10-11,27-28,34-41,49-50,56-61H,2-3,6-9,12-25H2,(H,43,53)(H,44,54)(H,45,51)(H,46,52)(H,47,62)/t27?,28?,34-,35-,36+,37+,38+,39+,40+,41+/m1/s1. The fourth-order valence-corrected chi connectivity index (χ4v) is 6.67. The van der Waals surface area contributed by atoms with Crippen LogP contribution in [0, 0.1) is 0 Å². The van der Waals surface area contributed by atoms with Crippen molar-refractivity contribution in [2.24, 2.45) is 0 Å². The molecule has 0 spiro atoms. The maximum atomic E-state index is 13.1. The minimum absolute atomic E-state index is 0.0439. The van der Waals surface area contributed by atoms with E-state index in [1.165, 1.54) is 0 Å². The summed E-state index contributed by atoms with van der Waals surface area (Å²) in [5, 5.41) is 91.0. The number of unbranched alkanes of at least 4 members (excludes halogenated alkanes) is 4. The number of carbonyl (C=O) groups is 6. The first kappa shape index (κ1) is 56.7. The molecule has 0 aliphatic carbocycles. The highest BCUT2D eigenvalue weighted by molar-refractivity contribution is 5.91. The molecule has 0 saturated carbocycles. The van der Waals surface area contributed by atoms with Gasteiger partial charge in [0, 0.05) is 39.0 Å². The second kappa shape index (κ2) is 31.4. The first-order chi connectivity index (χ1) is 32.1. The highest BCUT2D eigenvalue weighted by Gasteiger charge is 2.45. The van der Waals surface area contributed by atoms with E-state index in [9.17, 15) is 69.6 Å². The number of hydrogen-bond acceptors (Lipinski definition) is 19. The number of amides is 6. The summed E-state index contributed by atoms with van der Waals surface area (Å²) in [4.78, 5) is 76.6. The van der Waals surface area contributed by atoms with Gasteiger partial charge in [-0.25, -0.2) is 4.79 Å². The summed E-state index contributed by atoms with van der Waals surface area (Å²) in [6.07, 6.45) is -11.7. The molecule has 1 aromatic carbocycles. The largest absolute Gasteiger partial charge is 0.445 e. The van der Waals surface area contributed by atoms with Crippen LogP contribution >= 0.6 is 0 Å². The number of hydrogen-bond donors (Lipinski definition) is 13. The Kier molecular flexibility index (Phi) is 26.6. The number of carbonyl (C=O) groups excluding carboxylic acids is 6. The lowest BCUT2D eigenvalue weighted by Crippen LogP contribution is -2.59. The van der Waals surface area contributed by atoms with Gasteiger partial charge in [0.15, 0.2) is 12.6 Å². The molecule has 0 radical (unpaired) electrons. The van der Waals surface area contributed by atoms with E-state index in [2.05, 4.69) is 26.6 Å². The Bertz CT molecular complexity index is 1570. The van der Waals surface area contributed by atoms with Crippen molar-refractivity contribution in [3.8, 4) is 0 Å². The molecular weight excluding hydrogens is 892 g/mol. The molecule has 10 atom stereocenters. The van der Waals surface area contributed by atoms with E-state index >= 15 is 0 Å². The molecule has 0 bridgehead atoms. The van der Waals surface area contributed by atoms with Crippen LogP contribution in [0.5, 0.6) is 0 Å². The third kappa shape index (κ3) is 21.0. The molecule has 25 nitrogen and oxygen atoms in total. The van der Waals surface area contributed by atoms with Crippen molar-refractivity contribution in [1.82, 2.24) is 31.5 Å². The van der Waals surface area contributed by atoms with Crippen LogP contribution in [-0.2, 0) is 54.3 Å². The lowest BCUT2D eigenvalue weighted by Gasteiger charge is -2.39.